The Balaban J connectivity index is 1.57. The number of rotatable bonds is 4. The van der Waals surface area contributed by atoms with Crippen molar-refractivity contribution >= 4 is 5.91 Å². The molecule has 11 heteroatoms. The maximum atomic E-state index is 13.6. The summed E-state index contributed by atoms with van der Waals surface area (Å²) in [4.78, 5) is 13.6. The lowest BCUT2D eigenvalue weighted by Crippen LogP contribution is -2.39. The Hall–Kier alpha value is -2.59. The largest absolute Gasteiger partial charge is 0.451 e. The van der Waals surface area contributed by atoms with Crippen LogP contribution in [-0.4, -0.2) is 32.1 Å². The lowest BCUT2D eigenvalue weighted by molar-refractivity contribution is -0.148. The number of carbonyl (C=O) groups is 1. The molecule has 3 rings (SSSR count). The molecule has 0 aliphatic carbocycles. The Bertz CT molecular complexity index is 863. The molecule has 0 radical (unpaired) electrons. The van der Waals surface area contributed by atoms with Gasteiger partial charge in [-0.05, 0) is 24.5 Å². The van der Waals surface area contributed by atoms with E-state index in [1.807, 2.05) is 0 Å². The van der Waals surface area contributed by atoms with Crippen LogP contribution >= 0.6 is 0 Å². The number of amides is 1. The van der Waals surface area contributed by atoms with Crippen molar-refractivity contribution < 1.29 is 31.1 Å². The lowest BCUT2D eigenvalue weighted by Gasteiger charge is -2.28. The molecule has 146 valence electrons. The number of hydrogen-bond donors (Lipinski definition) is 0. The number of fused-ring (bicyclic) bond motifs is 1. The predicted octanol–water partition coefficient (Wildman–Crippen LogP) is 3.08. The summed E-state index contributed by atoms with van der Waals surface area (Å²) in [7, 11) is 0. The van der Waals surface area contributed by atoms with Crippen molar-refractivity contribution in [2.75, 3.05) is 6.54 Å². The first-order valence-electron chi connectivity index (χ1n) is 8.07. The normalized spacial score (nSPS) is 14.4. The van der Waals surface area contributed by atoms with Crippen LogP contribution in [0.3, 0.4) is 0 Å². The van der Waals surface area contributed by atoms with Crippen LogP contribution in [0.25, 0.3) is 0 Å². The molecule has 27 heavy (non-hydrogen) atoms. The average Bonchev–Trinajstić information content (AvgIpc) is 3.02. The number of benzene rings is 1. The van der Waals surface area contributed by atoms with Crippen molar-refractivity contribution in [2.45, 2.75) is 38.5 Å². The van der Waals surface area contributed by atoms with E-state index in [2.05, 4.69) is 10.2 Å². The van der Waals surface area contributed by atoms with Gasteiger partial charge in [-0.2, -0.15) is 13.2 Å². The van der Waals surface area contributed by atoms with Crippen LogP contribution in [0.4, 0.5) is 26.3 Å². The molecule has 0 saturated heterocycles. The first kappa shape index (κ1) is 19.2. The van der Waals surface area contributed by atoms with Gasteiger partial charge in [0.2, 0.25) is 11.7 Å². The van der Waals surface area contributed by atoms with Gasteiger partial charge in [-0.25, -0.2) is 13.2 Å². The van der Waals surface area contributed by atoms with Crippen LogP contribution in [-0.2, 0) is 30.5 Å². The zero-order valence-corrected chi connectivity index (χ0v) is 13.9. The smallest absolute Gasteiger partial charge is 0.333 e. The van der Waals surface area contributed by atoms with Crippen LogP contribution in [0, 0.1) is 17.5 Å². The van der Waals surface area contributed by atoms with Crippen LogP contribution < -0.4 is 0 Å². The fraction of sp³-hybridized carbons (Fsp3) is 0.438. The van der Waals surface area contributed by atoms with Gasteiger partial charge in [-0.3, -0.25) is 4.79 Å². The van der Waals surface area contributed by atoms with Gasteiger partial charge in [0.1, 0.15) is 5.82 Å². The minimum Gasteiger partial charge on any atom is -0.333 e. The van der Waals surface area contributed by atoms with Gasteiger partial charge in [0.15, 0.2) is 17.5 Å². The Morgan fingerprint density at radius 1 is 1.04 bits per heavy atom. The summed E-state index contributed by atoms with van der Waals surface area (Å²) < 4.78 is 78.9. The molecule has 1 aromatic heterocycles. The lowest BCUT2D eigenvalue weighted by atomic mass is 10.1. The number of aromatic nitrogens is 3. The quantitative estimate of drug-likeness (QED) is 0.594. The molecule has 5 nitrogen and oxygen atoms in total. The molecule has 1 aliphatic rings. The maximum Gasteiger partial charge on any atom is 0.451 e. The zero-order valence-electron chi connectivity index (χ0n) is 13.9. The number of alkyl halides is 3. The summed E-state index contributed by atoms with van der Waals surface area (Å²) in [6.07, 6.45) is -4.43. The minimum atomic E-state index is -4.62. The van der Waals surface area contributed by atoms with Crippen LogP contribution in [0.2, 0.25) is 0 Å². The molecule has 1 amide bonds. The number of aryl methyl sites for hydroxylation is 1. The third-order valence-corrected chi connectivity index (χ3v) is 4.29. The third-order valence-electron chi connectivity index (χ3n) is 4.29. The average molecular weight is 392 g/mol. The topological polar surface area (TPSA) is 51.0 Å². The highest BCUT2D eigenvalue weighted by atomic mass is 19.4. The second kappa shape index (κ2) is 7.20. The van der Waals surface area contributed by atoms with Crippen molar-refractivity contribution in [3.8, 4) is 0 Å². The molecule has 0 saturated carbocycles. The van der Waals surface area contributed by atoms with E-state index < -0.39 is 29.5 Å². The van der Waals surface area contributed by atoms with E-state index in [1.165, 1.54) is 4.90 Å². The number of nitrogens with zero attached hydrogens (tertiary/aromatic N) is 4. The van der Waals surface area contributed by atoms with Gasteiger partial charge in [0.05, 0.1) is 6.54 Å². The SMILES string of the molecule is O=C(CCCc1cc(F)c(F)cc1F)N1CCn2c(nnc2C(F)(F)F)C1. The molecule has 1 aliphatic heterocycles. The van der Waals surface area contributed by atoms with Gasteiger partial charge in [0.25, 0.3) is 0 Å². The summed E-state index contributed by atoms with van der Waals surface area (Å²) in [5.74, 6) is -4.77. The van der Waals surface area contributed by atoms with Crippen molar-refractivity contribution in [1.29, 1.82) is 0 Å². The van der Waals surface area contributed by atoms with E-state index in [0.717, 1.165) is 10.6 Å². The molecule has 0 spiro atoms. The summed E-state index contributed by atoms with van der Waals surface area (Å²) in [5, 5.41) is 6.62. The Labute approximate surface area is 149 Å². The first-order valence-corrected chi connectivity index (χ1v) is 8.07. The monoisotopic (exact) mass is 392 g/mol. The predicted molar refractivity (Wildman–Crippen MR) is 79.7 cm³/mol. The molecule has 0 fully saturated rings. The summed E-state index contributed by atoms with van der Waals surface area (Å²) >= 11 is 0. The summed E-state index contributed by atoms with van der Waals surface area (Å²) in [6, 6.07) is 1.19. The first-order chi connectivity index (χ1) is 12.7. The highest BCUT2D eigenvalue weighted by Crippen LogP contribution is 2.29. The highest BCUT2D eigenvalue weighted by molar-refractivity contribution is 5.76. The van der Waals surface area contributed by atoms with E-state index in [-0.39, 0.29) is 56.2 Å². The van der Waals surface area contributed by atoms with E-state index in [4.69, 9.17) is 0 Å². The van der Waals surface area contributed by atoms with Crippen LogP contribution in [0.1, 0.15) is 30.1 Å². The minimum absolute atomic E-state index is 0.0152. The van der Waals surface area contributed by atoms with E-state index in [1.54, 1.807) is 0 Å². The Morgan fingerprint density at radius 3 is 2.44 bits per heavy atom. The Morgan fingerprint density at radius 2 is 1.74 bits per heavy atom. The van der Waals surface area contributed by atoms with Crippen molar-refractivity contribution in [1.82, 2.24) is 19.7 Å². The van der Waals surface area contributed by atoms with E-state index in [0.29, 0.717) is 6.07 Å². The number of carbonyl (C=O) groups excluding carboxylic acids is 1. The van der Waals surface area contributed by atoms with Gasteiger partial charge < -0.3 is 9.47 Å². The van der Waals surface area contributed by atoms with Crippen molar-refractivity contribution in [3.05, 3.63) is 46.8 Å². The molecule has 2 heterocycles. The van der Waals surface area contributed by atoms with Crippen LogP contribution in [0.5, 0.6) is 0 Å². The number of hydrogen-bond acceptors (Lipinski definition) is 3. The summed E-state index contributed by atoms with van der Waals surface area (Å²) in [5.41, 5.74) is -0.0464. The molecule has 1 aromatic carbocycles. The molecular formula is C16H14F6N4O. The fourth-order valence-electron chi connectivity index (χ4n) is 2.92. The Kier molecular flexibility index (Phi) is 5.11. The van der Waals surface area contributed by atoms with E-state index >= 15 is 0 Å². The van der Waals surface area contributed by atoms with Gasteiger partial charge >= 0.3 is 6.18 Å². The molecule has 0 atom stereocenters. The molecular weight excluding hydrogens is 378 g/mol. The molecule has 0 N–H and O–H groups in total. The second-order valence-electron chi connectivity index (χ2n) is 6.12. The molecule has 0 unspecified atom stereocenters. The van der Waals surface area contributed by atoms with Gasteiger partial charge in [-0.15, -0.1) is 10.2 Å². The fourth-order valence-corrected chi connectivity index (χ4v) is 2.92. The third kappa shape index (κ3) is 4.06. The molecule has 0 bridgehead atoms. The number of halogens is 6. The summed E-state index contributed by atoms with van der Waals surface area (Å²) in [6.45, 7) is -0.130. The van der Waals surface area contributed by atoms with Gasteiger partial charge in [0, 0.05) is 25.6 Å². The van der Waals surface area contributed by atoms with Crippen LogP contribution in [0.15, 0.2) is 12.1 Å². The van der Waals surface area contributed by atoms with Crippen molar-refractivity contribution in [3.63, 3.8) is 0 Å². The second-order valence-corrected chi connectivity index (χ2v) is 6.12. The standard InChI is InChI=1S/C16H14F6N4O/c17-10-7-12(19)11(18)6-9(10)2-1-3-14(27)25-4-5-26-13(8-25)23-24-15(26)16(20,21)22/h6-7H,1-5,8H2. The molecule has 2 aromatic rings. The zero-order chi connectivity index (χ0) is 19.8. The highest BCUT2D eigenvalue weighted by Gasteiger charge is 2.39. The van der Waals surface area contributed by atoms with E-state index in [9.17, 15) is 31.1 Å². The maximum absolute atomic E-state index is 13.6. The van der Waals surface area contributed by atoms with Gasteiger partial charge in [-0.1, -0.05) is 0 Å². The van der Waals surface area contributed by atoms with Crippen molar-refractivity contribution in [2.24, 2.45) is 0 Å².